The number of rotatable bonds is 4. The topological polar surface area (TPSA) is 29.9 Å². The molecular weight excluding hydrogens is 236 g/mol. The molecule has 0 spiro atoms. The van der Waals surface area contributed by atoms with E-state index in [2.05, 4.69) is 10.4 Å². The number of hydrogen-bond donors (Lipinski definition) is 1. The average Bonchev–Trinajstić information content (AvgIpc) is 2.75. The molecule has 3 nitrogen and oxygen atoms in total. The van der Waals surface area contributed by atoms with E-state index in [1.807, 2.05) is 20.0 Å². The van der Waals surface area contributed by atoms with E-state index in [0.29, 0.717) is 5.69 Å². The van der Waals surface area contributed by atoms with Crippen LogP contribution >= 0.6 is 0 Å². The maximum Gasteiger partial charge on any atom is 0.128 e. The van der Waals surface area contributed by atoms with E-state index in [4.69, 9.17) is 0 Å². The first-order chi connectivity index (χ1) is 8.58. The Labute approximate surface area is 104 Å². The fourth-order valence-corrected chi connectivity index (χ4v) is 1.75. The second-order valence-electron chi connectivity index (χ2n) is 4.15. The minimum absolute atomic E-state index is 0.0634. The molecule has 2 rings (SSSR count). The Morgan fingerprint density at radius 1 is 1.28 bits per heavy atom. The van der Waals surface area contributed by atoms with Crippen LogP contribution in [0.25, 0.3) is 0 Å². The van der Waals surface area contributed by atoms with Gasteiger partial charge in [0.15, 0.2) is 0 Å². The third-order valence-corrected chi connectivity index (χ3v) is 2.72. The van der Waals surface area contributed by atoms with Crippen molar-refractivity contribution in [3.05, 3.63) is 47.8 Å². The van der Waals surface area contributed by atoms with E-state index in [1.54, 1.807) is 10.9 Å². The summed E-state index contributed by atoms with van der Waals surface area (Å²) in [6.07, 6.45) is 3.66. The van der Waals surface area contributed by atoms with Gasteiger partial charge >= 0.3 is 0 Å². The molecule has 1 atom stereocenters. The van der Waals surface area contributed by atoms with E-state index < -0.39 is 11.6 Å². The van der Waals surface area contributed by atoms with Crippen LogP contribution in [0.15, 0.2) is 30.6 Å². The monoisotopic (exact) mass is 251 g/mol. The molecule has 5 heteroatoms. The van der Waals surface area contributed by atoms with Crippen molar-refractivity contribution in [1.29, 1.82) is 0 Å². The molecule has 1 aromatic heterocycles. The molecule has 2 aromatic rings. The van der Waals surface area contributed by atoms with Gasteiger partial charge < -0.3 is 5.32 Å². The highest BCUT2D eigenvalue weighted by atomic mass is 19.1. The summed E-state index contributed by atoms with van der Waals surface area (Å²) in [6, 6.07) is 3.32. The minimum Gasteiger partial charge on any atom is -0.378 e. The van der Waals surface area contributed by atoms with Crippen molar-refractivity contribution in [1.82, 2.24) is 9.78 Å². The molecule has 0 radical (unpaired) electrons. The first kappa shape index (κ1) is 12.5. The van der Waals surface area contributed by atoms with Gasteiger partial charge in [-0.2, -0.15) is 5.10 Å². The van der Waals surface area contributed by atoms with Crippen LogP contribution in [0.4, 0.5) is 14.5 Å². The van der Waals surface area contributed by atoms with Crippen molar-refractivity contribution in [3.8, 4) is 0 Å². The SMILES string of the molecule is CCn1cc(C(C)Nc2cc(F)cc(F)c2)cn1. The number of benzene rings is 1. The van der Waals surface area contributed by atoms with Crippen molar-refractivity contribution >= 4 is 5.69 Å². The third-order valence-electron chi connectivity index (χ3n) is 2.72. The summed E-state index contributed by atoms with van der Waals surface area (Å²) >= 11 is 0. The van der Waals surface area contributed by atoms with Gasteiger partial charge in [-0.1, -0.05) is 0 Å². The van der Waals surface area contributed by atoms with Crippen molar-refractivity contribution in [2.75, 3.05) is 5.32 Å². The van der Waals surface area contributed by atoms with E-state index >= 15 is 0 Å². The lowest BCUT2D eigenvalue weighted by Gasteiger charge is -2.13. The molecule has 0 aliphatic carbocycles. The first-order valence-electron chi connectivity index (χ1n) is 5.83. The van der Waals surface area contributed by atoms with Crippen LogP contribution in [0.5, 0.6) is 0 Å². The van der Waals surface area contributed by atoms with Gasteiger partial charge in [-0.25, -0.2) is 8.78 Å². The highest BCUT2D eigenvalue weighted by molar-refractivity contribution is 5.45. The molecule has 0 aliphatic rings. The first-order valence-corrected chi connectivity index (χ1v) is 5.83. The number of nitrogens with one attached hydrogen (secondary N) is 1. The highest BCUT2D eigenvalue weighted by Gasteiger charge is 2.09. The van der Waals surface area contributed by atoms with Crippen LogP contribution in [0.1, 0.15) is 25.5 Å². The van der Waals surface area contributed by atoms with Crippen LogP contribution in [0.3, 0.4) is 0 Å². The van der Waals surface area contributed by atoms with Crippen molar-refractivity contribution in [2.45, 2.75) is 26.4 Å². The Balaban J connectivity index is 2.12. The van der Waals surface area contributed by atoms with E-state index in [0.717, 1.165) is 18.2 Å². The van der Waals surface area contributed by atoms with E-state index in [1.165, 1.54) is 12.1 Å². The van der Waals surface area contributed by atoms with Gasteiger partial charge in [0.25, 0.3) is 0 Å². The molecule has 96 valence electrons. The zero-order chi connectivity index (χ0) is 13.1. The summed E-state index contributed by atoms with van der Waals surface area (Å²) in [5.74, 6) is -1.18. The Hall–Kier alpha value is -1.91. The third kappa shape index (κ3) is 2.85. The quantitative estimate of drug-likeness (QED) is 0.903. The Kier molecular flexibility index (Phi) is 3.60. The molecule has 1 aromatic carbocycles. The lowest BCUT2D eigenvalue weighted by atomic mass is 10.2. The van der Waals surface area contributed by atoms with Crippen LogP contribution in [-0.2, 0) is 6.54 Å². The Bertz CT molecular complexity index is 517. The molecule has 0 saturated heterocycles. The van der Waals surface area contributed by atoms with Crippen LogP contribution in [-0.4, -0.2) is 9.78 Å². The van der Waals surface area contributed by atoms with Gasteiger partial charge in [-0.05, 0) is 26.0 Å². The molecular formula is C13H15F2N3. The predicted octanol–water partition coefficient (Wildman–Crippen LogP) is 3.35. The number of aryl methyl sites for hydroxylation is 1. The molecule has 1 N–H and O–H groups in total. The van der Waals surface area contributed by atoms with Crippen molar-refractivity contribution in [2.24, 2.45) is 0 Å². The number of anilines is 1. The summed E-state index contributed by atoms with van der Waals surface area (Å²) in [7, 11) is 0. The molecule has 0 fully saturated rings. The zero-order valence-electron chi connectivity index (χ0n) is 10.3. The van der Waals surface area contributed by atoms with Gasteiger partial charge in [-0.15, -0.1) is 0 Å². The largest absolute Gasteiger partial charge is 0.378 e. The van der Waals surface area contributed by atoms with E-state index in [-0.39, 0.29) is 6.04 Å². The molecule has 0 aliphatic heterocycles. The molecule has 0 saturated carbocycles. The molecule has 18 heavy (non-hydrogen) atoms. The molecule has 1 unspecified atom stereocenters. The van der Waals surface area contributed by atoms with Gasteiger partial charge in [0.05, 0.1) is 12.2 Å². The summed E-state index contributed by atoms with van der Waals surface area (Å²) in [5, 5.41) is 7.20. The van der Waals surface area contributed by atoms with Gasteiger partial charge in [0.1, 0.15) is 11.6 Å². The second kappa shape index (κ2) is 5.16. The minimum atomic E-state index is -0.589. The summed E-state index contributed by atoms with van der Waals surface area (Å²) in [4.78, 5) is 0. The Morgan fingerprint density at radius 2 is 1.94 bits per heavy atom. The normalized spacial score (nSPS) is 12.4. The number of hydrogen-bond acceptors (Lipinski definition) is 2. The van der Waals surface area contributed by atoms with Gasteiger partial charge in [0.2, 0.25) is 0 Å². The average molecular weight is 251 g/mol. The maximum absolute atomic E-state index is 13.0. The fraction of sp³-hybridized carbons (Fsp3) is 0.308. The van der Waals surface area contributed by atoms with Gasteiger partial charge in [-0.3, -0.25) is 4.68 Å². The summed E-state index contributed by atoms with van der Waals surface area (Å²) in [5.41, 5.74) is 1.39. The molecule has 0 bridgehead atoms. The maximum atomic E-state index is 13.0. The van der Waals surface area contributed by atoms with E-state index in [9.17, 15) is 8.78 Å². The summed E-state index contributed by atoms with van der Waals surface area (Å²) in [6.45, 7) is 4.71. The number of nitrogens with zero attached hydrogens (tertiary/aromatic N) is 2. The van der Waals surface area contributed by atoms with Crippen LogP contribution < -0.4 is 5.32 Å². The molecule has 1 heterocycles. The number of halogens is 2. The standard InChI is InChI=1S/C13H15F2N3/c1-3-18-8-10(7-16-18)9(2)17-13-5-11(14)4-12(15)6-13/h4-9,17H,3H2,1-2H3. The lowest BCUT2D eigenvalue weighted by Crippen LogP contribution is -2.06. The van der Waals surface area contributed by atoms with Crippen LogP contribution in [0.2, 0.25) is 0 Å². The predicted molar refractivity (Wildman–Crippen MR) is 66.3 cm³/mol. The lowest BCUT2D eigenvalue weighted by molar-refractivity contribution is 0.583. The van der Waals surface area contributed by atoms with Crippen molar-refractivity contribution in [3.63, 3.8) is 0 Å². The smallest absolute Gasteiger partial charge is 0.128 e. The van der Waals surface area contributed by atoms with Crippen LogP contribution in [0, 0.1) is 11.6 Å². The molecule has 0 amide bonds. The summed E-state index contributed by atoms with van der Waals surface area (Å²) < 4.78 is 27.9. The zero-order valence-corrected chi connectivity index (χ0v) is 10.3. The van der Waals surface area contributed by atoms with Gasteiger partial charge in [0, 0.05) is 30.1 Å². The highest BCUT2D eigenvalue weighted by Crippen LogP contribution is 2.20. The fourth-order valence-electron chi connectivity index (χ4n) is 1.75. The second-order valence-corrected chi connectivity index (χ2v) is 4.15. The number of aromatic nitrogens is 2. The Morgan fingerprint density at radius 3 is 2.50 bits per heavy atom. The van der Waals surface area contributed by atoms with Crippen molar-refractivity contribution < 1.29 is 8.78 Å².